The highest BCUT2D eigenvalue weighted by Gasteiger charge is 2.16. The molecule has 0 aliphatic rings. The molecule has 6 nitrogen and oxygen atoms in total. The predicted octanol–water partition coefficient (Wildman–Crippen LogP) is 4.82. The third-order valence-electron chi connectivity index (χ3n) is 4.72. The van der Waals surface area contributed by atoms with Gasteiger partial charge in [0.25, 0.3) is 5.91 Å². The number of para-hydroxylation sites is 1. The van der Waals surface area contributed by atoms with Crippen LogP contribution in [0.1, 0.15) is 45.9 Å². The molecule has 1 amide bonds. The molecule has 0 radical (unpaired) electrons. The number of benzene rings is 2. The molecule has 0 spiro atoms. The molecule has 0 bridgehead atoms. The molecule has 6 heteroatoms. The van der Waals surface area contributed by atoms with Crippen molar-refractivity contribution in [3.63, 3.8) is 0 Å². The molecule has 0 unspecified atom stereocenters. The zero-order valence-electron chi connectivity index (χ0n) is 17.2. The van der Waals surface area contributed by atoms with Gasteiger partial charge in [0.15, 0.2) is 12.4 Å². The summed E-state index contributed by atoms with van der Waals surface area (Å²) < 4.78 is 10.6. The third kappa shape index (κ3) is 4.84. The van der Waals surface area contributed by atoms with Gasteiger partial charge >= 0.3 is 5.97 Å². The first kappa shape index (κ1) is 21.0. The molecule has 0 aliphatic heterocycles. The lowest BCUT2D eigenvalue weighted by Crippen LogP contribution is -2.22. The summed E-state index contributed by atoms with van der Waals surface area (Å²) in [5.41, 5.74) is 4.02. The van der Waals surface area contributed by atoms with Crippen LogP contribution in [0.3, 0.4) is 0 Å². The number of ether oxygens (including phenoxy) is 1. The van der Waals surface area contributed by atoms with Crippen LogP contribution in [0.15, 0.2) is 59.0 Å². The third-order valence-corrected chi connectivity index (χ3v) is 4.72. The van der Waals surface area contributed by atoms with Crippen molar-refractivity contribution < 1.29 is 23.5 Å². The highest BCUT2D eigenvalue weighted by Crippen LogP contribution is 2.24. The number of Topliss-reactive ketones (excluding diaryl/α,β-unsaturated/α-hetero) is 1. The molecular formula is C24H23NO5. The fraction of sp³-hybridized carbons (Fsp3) is 0.208. The molecule has 3 aromatic rings. The van der Waals surface area contributed by atoms with Gasteiger partial charge in [-0.05, 0) is 43.5 Å². The van der Waals surface area contributed by atoms with E-state index >= 15 is 0 Å². The normalized spacial score (nSPS) is 10.5. The SMILES string of the molecule is CCc1cccc(C)c1NC(=O)COC(=O)c1ccc(-c2ccc(C(C)=O)cc2)o1. The minimum Gasteiger partial charge on any atom is -0.450 e. The van der Waals surface area contributed by atoms with E-state index in [1.807, 2.05) is 32.0 Å². The Kier molecular flexibility index (Phi) is 6.47. The van der Waals surface area contributed by atoms with Crippen LogP contribution in [0.2, 0.25) is 0 Å². The molecule has 0 saturated carbocycles. The van der Waals surface area contributed by atoms with Gasteiger partial charge in [-0.25, -0.2) is 4.79 Å². The lowest BCUT2D eigenvalue weighted by atomic mass is 10.1. The van der Waals surface area contributed by atoms with Crippen LogP contribution >= 0.6 is 0 Å². The first-order valence-electron chi connectivity index (χ1n) is 9.65. The van der Waals surface area contributed by atoms with E-state index in [1.165, 1.54) is 13.0 Å². The van der Waals surface area contributed by atoms with Crippen LogP contribution in [0.4, 0.5) is 5.69 Å². The topological polar surface area (TPSA) is 85.6 Å². The molecule has 3 rings (SSSR count). The summed E-state index contributed by atoms with van der Waals surface area (Å²) in [5, 5.41) is 2.81. The lowest BCUT2D eigenvalue weighted by molar-refractivity contribution is -0.119. The number of nitrogens with one attached hydrogen (secondary N) is 1. The van der Waals surface area contributed by atoms with E-state index in [1.54, 1.807) is 30.3 Å². The number of esters is 1. The van der Waals surface area contributed by atoms with Crippen molar-refractivity contribution in [3.05, 3.63) is 77.0 Å². The van der Waals surface area contributed by atoms with E-state index in [2.05, 4.69) is 5.32 Å². The number of carbonyl (C=O) groups is 3. The minimum atomic E-state index is -0.725. The van der Waals surface area contributed by atoms with Crippen molar-refractivity contribution in [2.45, 2.75) is 27.2 Å². The number of amides is 1. The number of furan rings is 1. The first-order chi connectivity index (χ1) is 14.4. The molecule has 30 heavy (non-hydrogen) atoms. The molecule has 0 saturated heterocycles. The number of ketones is 1. The molecule has 0 atom stereocenters. The molecule has 2 aromatic carbocycles. The number of rotatable bonds is 7. The van der Waals surface area contributed by atoms with Crippen molar-refractivity contribution >= 4 is 23.3 Å². The quantitative estimate of drug-likeness (QED) is 0.450. The monoisotopic (exact) mass is 405 g/mol. The fourth-order valence-electron chi connectivity index (χ4n) is 3.05. The molecular weight excluding hydrogens is 382 g/mol. The fourth-order valence-corrected chi connectivity index (χ4v) is 3.05. The maximum Gasteiger partial charge on any atom is 0.374 e. The van der Waals surface area contributed by atoms with Crippen LogP contribution in [-0.4, -0.2) is 24.3 Å². The van der Waals surface area contributed by atoms with Gasteiger partial charge in [-0.15, -0.1) is 0 Å². The van der Waals surface area contributed by atoms with Crippen molar-refractivity contribution in [2.24, 2.45) is 0 Å². The summed E-state index contributed by atoms with van der Waals surface area (Å²) >= 11 is 0. The Balaban J connectivity index is 1.61. The van der Waals surface area contributed by atoms with Crippen LogP contribution in [-0.2, 0) is 16.0 Å². The molecule has 0 fully saturated rings. The zero-order valence-corrected chi connectivity index (χ0v) is 17.2. The van der Waals surface area contributed by atoms with E-state index in [9.17, 15) is 14.4 Å². The number of carbonyl (C=O) groups excluding carboxylic acids is 3. The summed E-state index contributed by atoms with van der Waals surface area (Å²) in [7, 11) is 0. The second-order valence-electron chi connectivity index (χ2n) is 6.88. The average Bonchev–Trinajstić information content (AvgIpc) is 3.24. The Morgan fingerprint density at radius 1 is 1.00 bits per heavy atom. The molecule has 1 heterocycles. The van der Waals surface area contributed by atoms with Gasteiger partial charge in [0.2, 0.25) is 5.76 Å². The van der Waals surface area contributed by atoms with Crippen molar-refractivity contribution in [3.8, 4) is 11.3 Å². The standard InChI is InChI=1S/C24H23NO5/c1-4-17-7-5-6-15(2)23(17)25-22(27)14-29-24(28)21-13-12-20(30-21)19-10-8-18(9-11-19)16(3)26/h5-13H,4,14H2,1-3H3,(H,25,27). The van der Waals surface area contributed by atoms with Gasteiger partial charge < -0.3 is 14.5 Å². The Morgan fingerprint density at radius 2 is 1.73 bits per heavy atom. The molecule has 0 aliphatic carbocycles. The van der Waals surface area contributed by atoms with Crippen molar-refractivity contribution in [2.75, 3.05) is 11.9 Å². The lowest BCUT2D eigenvalue weighted by Gasteiger charge is -2.12. The summed E-state index contributed by atoms with van der Waals surface area (Å²) in [5.74, 6) is -0.705. The second kappa shape index (κ2) is 9.22. The molecule has 154 valence electrons. The van der Waals surface area contributed by atoms with Gasteiger partial charge in [-0.3, -0.25) is 9.59 Å². The highest BCUT2D eigenvalue weighted by atomic mass is 16.5. The Bertz CT molecular complexity index is 1080. The number of hydrogen-bond donors (Lipinski definition) is 1. The Hall–Kier alpha value is -3.67. The summed E-state index contributed by atoms with van der Waals surface area (Å²) in [6, 6.07) is 15.8. The van der Waals surface area contributed by atoms with Gasteiger partial charge in [0.1, 0.15) is 5.76 Å². The number of aryl methyl sites for hydroxylation is 2. The van der Waals surface area contributed by atoms with Gasteiger partial charge in [0, 0.05) is 16.8 Å². The minimum absolute atomic E-state index is 0.00131. The highest BCUT2D eigenvalue weighted by molar-refractivity contribution is 5.96. The van der Waals surface area contributed by atoms with Gasteiger partial charge in [-0.2, -0.15) is 0 Å². The van der Waals surface area contributed by atoms with Crippen LogP contribution in [0, 0.1) is 6.92 Å². The average molecular weight is 405 g/mol. The Morgan fingerprint density at radius 3 is 2.40 bits per heavy atom. The first-order valence-corrected chi connectivity index (χ1v) is 9.65. The van der Waals surface area contributed by atoms with Crippen LogP contribution in [0.25, 0.3) is 11.3 Å². The molecule has 1 aromatic heterocycles. The predicted molar refractivity (Wildman–Crippen MR) is 114 cm³/mol. The van der Waals surface area contributed by atoms with Gasteiger partial charge in [0.05, 0.1) is 0 Å². The van der Waals surface area contributed by atoms with Crippen molar-refractivity contribution in [1.29, 1.82) is 0 Å². The van der Waals surface area contributed by atoms with E-state index in [-0.39, 0.29) is 11.5 Å². The van der Waals surface area contributed by atoms with E-state index in [4.69, 9.17) is 9.15 Å². The zero-order chi connectivity index (χ0) is 21.7. The van der Waals surface area contributed by atoms with Gasteiger partial charge in [-0.1, -0.05) is 49.4 Å². The number of hydrogen-bond acceptors (Lipinski definition) is 5. The smallest absolute Gasteiger partial charge is 0.374 e. The largest absolute Gasteiger partial charge is 0.450 e. The van der Waals surface area contributed by atoms with E-state index in [0.717, 1.165) is 28.8 Å². The van der Waals surface area contributed by atoms with Crippen molar-refractivity contribution in [1.82, 2.24) is 0 Å². The number of anilines is 1. The van der Waals surface area contributed by atoms with Crippen LogP contribution in [0.5, 0.6) is 0 Å². The van der Waals surface area contributed by atoms with E-state index < -0.39 is 18.5 Å². The summed E-state index contributed by atoms with van der Waals surface area (Å²) in [6.45, 7) is 4.99. The molecule has 1 N–H and O–H groups in total. The second-order valence-corrected chi connectivity index (χ2v) is 6.88. The summed E-state index contributed by atoms with van der Waals surface area (Å²) in [4.78, 5) is 35.8. The maximum atomic E-state index is 12.2. The van der Waals surface area contributed by atoms with E-state index in [0.29, 0.717) is 11.3 Å². The summed E-state index contributed by atoms with van der Waals surface area (Å²) in [6.07, 6.45) is 0.777. The Labute approximate surface area is 174 Å². The maximum absolute atomic E-state index is 12.2. The van der Waals surface area contributed by atoms with Crippen LogP contribution < -0.4 is 5.32 Å².